The van der Waals surface area contributed by atoms with Crippen LogP contribution in [0.4, 0.5) is 0 Å². The van der Waals surface area contributed by atoms with E-state index in [-0.39, 0.29) is 12.5 Å². The number of hydrogen-bond donors (Lipinski definition) is 4. The van der Waals surface area contributed by atoms with Crippen molar-refractivity contribution in [2.45, 2.75) is 289 Å². The van der Waals surface area contributed by atoms with Gasteiger partial charge in [-0.05, 0) is 38.5 Å². The highest BCUT2D eigenvalue weighted by Gasteiger charge is 2.26. The quantitative estimate of drug-likeness (QED) is 0.0367. The Labute approximate surface area is 338 Å². The lowest BCUT2D eigenvalue weighted by Gasteiger charge is -2.26. The van der Waals surface area contributed by atoms with Crippen molar-refractivity contribution in [3.63, 3.8) is 0 Å². The third-order valence-electron chi connectivity index (χ3n) is 11.6. The molecule has 3 unspecified atom stereocenters. The maximum absolute atomic E-state index is 12.5. The van der Waals surface area contributed by atoms with E-state index in [1.54, 1.807) is 0 Å². The van der Waals surface area contributed by atoms with Crippen molar-refractivity contribution < 1.29 is 20.1 Å². The Morgan fingerprint density at radius 3 is 1.07 bits per heavy atom. The number of allylic oxidation sites excluding steroid dienone is 2. The molecule has 0 aromatic rings. The molecule has 3 atom stereocenters. The zero-order chi connectivity index (χ0) is 39.4. The van der Waals surface area contributed by atoms with Gasteiger partial charge in [-0.2, -0.15) is 0 Å². The van der Waals surface area contributed by atoms with E-state index >= 15 is 0 Å². The van der Waals surface area contributed by atoms with Crippen molar-refractivity contribution >= 4 is 5.91 Å². The molecule has 5 nitrogen and oxygen atoms in total. The number of carbonyl (C=O) groups is 1. The maximum Gasteiger partial charge on any atom is 0.220 e. The second-order valence-electron chi connectivity index (χ2n) is 17.0. The van der Waals surface area contributed by atoms with Gasteiger partial charge in [0.25, 0.3) is 0 Å². The molecule has 0 rings (SSSR count). The molecule has 0 heterocycles. The molecule has 0 saturated carbocycles. The van der Waals surface area contributed by atoms with Crippen molar-refractivity contribution in [3.05, 3.63) is 12.2 Å². The number of nitrogens with one attached hydrogen (secondary N) is 1. The highest BCUT2D eigenvalue weighted by Crippen LogP contribution is 2.17. The van der Waals surface area contributed by atoms with Gasteiger partial charge in [0, 0.05) is 6.42 Å². The summed E-state index contributed by atoms with van der Waals surface area (Å²) in [5.41, 5.74) is 0. The Balaban J connectivity index is 3.57. The zero-order valence-corrected chi connectivity index (χ0v) is 36.6. The van der Waals surface area contributed by atoms with Crippen LogP contribution in [-0.4, -0.2) is 46.1 Å². The zero-order valence-electron chi connectivity index (χ0n) is 36.6. The standard InChI is InChI=1S/C49H97NO4/c1-3-5-7-9-11-13-15-17-19-21-22-23-24-25-26-28-30-32-34-36-38-40-42-44-48(53)50-46(45-51)49(54)47(52)43-41-39-37-35-33-31-29-27-20-18-16-14-12-10-8-6-4-2/h25-26,46-47,49,51-52,54H,3-24,27-45H2,1-2H3,(H,50,53)/b26-25-. The summed E-state index contributed by atoms with van der Waals surface area (Å²) in [6, 6.07) is -0.808. The largest absolute Gasteiger partial charge is 0.394 e. The molecule has 0 aliphatic rings. The lowest BCUT2D eigenvalue weighted by atomic mass is 9.99. The summed E-state index contributed by atoms with van der Waals surface area (Å²) >= 11 is 0. The van der Waals surface area contributed by atoms with Gasteiger partial charge < -0.3 is 20.6 Å². The fourth-order valence-electron chi connectivity index (χ4n) is 7.81. The predicted octanol–water partition coefficient (Wildman–Crippen LogP) is 14.4. The molecule has 0 aliphatic heterocycles. The topological polar surface area (TPSA) is 89.8 Å². The third-order valence-corrected chi connectivity index (χ3v) is 11.6. The van der Waals surface area contributed by atoms with Gasteiger partial charge in [0.05, 0.1) is 18.8 Å². The van der Waals surface area contributed by atoms with Crippen LogP contribution in [0.15, 0.2) is 12.2 Å². The molecular formula is C49H97NO4. The Hall–Kier alpha value is -0.910. The van der Waals surface area contributed by atoms with E-state index in [0.717, 1.165) is 38.5 Å². The molecule has 0 radical (unpaired) electrons. The number of carbonyl (C=O) groups excluding carboxylic acids is 1. The Kier molecular flexibility index (Phi) is 44.0. The minimum atomic E-state index is -1.13. The molecule has 0 aromatic heterocycles. The fourth-order valence-corrected chi connectivity index (χ4v) is 7.81. The molecule has 0 aliphatic carbocycles. The van der Waals surface area contributed by atoms with E-state index in [1.807, 2.05) is 0 Å². The number of rotatable bonds is 45. The van der Waals surface area contributed by atoms with Crippen LogP contribution < -0.4 is 5.32 Å². The molecule has 0 spiro atoms. The van der Waals surface area contributed by atoms with Crippen molar-refractivity contribution in [2.75, 3.05) is 6.61 Å². The van der Waals surface area contributed by atoms with Crippen LogP contribution in [-0.2, 0) is 4.79 Å². The summed E-state index contributed by atoms with van der Waals surface area (Å²) in [6.07, 6.45) is 53.3. The van der Waals surface area contributed by atoms with Gasteiger partial charge in [-0.25, -0.2) is 0 Å². The third kappa shape index (κ3) is 39.3. The molecule has 0 saturated heterocycles. The first-order chi connectivity index (χ1) is 26.6. The van der Waals surface area contributed by atoms with Crippen LogP contribution in [0.5, 0.6) is 0 Å². The smallest absolute Gasteiger partial charge is 0.220 e. The average molecular weight is 764 g/mol. The first-order valence-electron chi connectivity index (χ1n) is 24.5. The molecule has 0 fully saturated rings. The summed E-state index contributed by atoms with van der Waals surface area (Å²) in [5.74, 6) is -0.145. The minimum Gasteiger partial charge on any atom is -0.394 e. The molecular weight excluding hydrogens is 667 g/mol. The van der Waals surface area contributed by atoms with Gasteiger partial charge in [0.1, 0.15) is 6.10 Å². The van der Waals surface area contributed by atoms with Gasteiger partial charge in [-0.1, -0.05) is 238 Å². The van der Waals surface area contributed by atoms with Gasteiger partial charge in [-0.15, -0.1) is 0 Å². The van der Waals surface area contributed by atoms with Crippen molar-refractivity contribution in [3.8, 4) is 0 Å². The monoisotopic (exact) mass is 764 g/mol. The molecule has 54 heavy (non-hydrogen) atoms. The van der Waals surface area contributed by atoms with Crippen molar-refractivity contribution in [1.82, 2.24) is 5.32 Å². The molecule has 4 N–H and O–H groups in total. The van der Waals surface area contributed by atoms with E-state index < -0.39 is 18.2 Å². The van der Waals surface area contributed by atoms with Crippen LogP contribution >= 0.6 is 0 Å². The predicted molar refractivity (Wildman–Crippen MR) is 236 cm³/mol. The average Bonchev–Trinajstić information content (AvgIpc) is 3.18. The SMILES string of the molecule is CCCCCCCCCCCCCC/C=C\CCCCCCCCCC(=O)NC(CO)C(O)C(O)CCCCCCCCCCCCCCCCCCC. The number of amides is 1. The van der Waals surface area contributed by atoms with Gasteiger partial charge in [0.15, 0.2) is 0 Å². The summed E-state index contributed by atoms with van der Waals surface area (Å²) in [6.45, 7) is 4.20. The highest BCUT2D eigenvalue weighted by atomic mass is 16.3. The van der Waals surface area contributed by atoms with E-state index in [4.69, 9.17) is 0 Å². The Bertz CT molecular complexity index is 758. The van der Waals surface area contributed by atoms with Gasteiger partial charge in [-0.3, -0.25) is 4.79 Å². The molecule has 322 valence electrons. The first kappa shape index (κ1) is 53.1. The van der Waals surface area contributed by atoms with E-state index in [2.05, 4.69) is 31.3 Å². The lowest BCUT2D eigenvalue weighted by Crippen LogP contribution is -2.50. The second kappa shape index (κ2) is 44.8. The fraction of sp³-hybridized carbons (Fsp3) is 0.939. The highest BCUT2D eigenvalue weighted by molar-refractivity contribution is 5.76. The van der Waals surface area contributed by atoms with E-state index in [9.17, 15) is 20.1 Å². The van der Waals surface area contributed by atoms with E-state index in [0.29, 0.717) is 12.8 Å². The number of aliphatic hydroxyl groups excluding tert-OH is 3. The number of aliphatic hydroxyl groups is 3. The van der Waals surface area contributed by atoms with Crippen molar-refractivity contribution in [1.29, 1.82) is 0 Å². The second-order valence-corrected chi connectivity index (χ2v) is 17.0. The molecule has 1 amide bonds. The molecule has 0 bridgehead atoms. The van der Waals surface area contributed by atoms with Crippen LogP contribution in [0.25, 0.3) is 0 Å². The minimum absolute atomic E-state index is 0.145. The van der Waals surface area contributed by atoms with E-state index in [1.165, 1.54) is 205 Å². The normalized spacial score (nSPS) is 13.5. The molecule has 5 heteroatoms. The number of hydrogen-bond acceptors (Lipinski definition) is 4. The van der Waals surface area contributed by atoms with Crippen LogP contribution in [0.2, 0.25) is 0 Å². The first-order valence-corrected chi connectivity index (χ1v) is 24.5. The van der Waals surface area contributed by atoms with Crippen LogP contribution in [0.1, 0.15) is 271 Å². The maximum atomic E-state index is 12.5. The summed E-state index contributed by atoms with van der Waals surface area (Å²) in [5, 5.41) is 33.6. The lowest BCUT2D eigenvalue weighted by molar-refractivity contribution is -0.124. The molecule has 0 aromatic carbocycles. The van der Waals surface area contributed by atoms with Gasteiger partial charge in [0.2, 0.25) is 5.91 Å². The summed E-state index contributed by atoms with van der Waals surface area (Å²) in [4.78, 5) is 12.5. The Morgan fingerprint density at radius 1 is 0.444 bits per heavy atom. The van der Waals surface area contributed by atoms with Crippen LogP contribution in [0, 0.1) is 0 Å². The summed E-state index contributed by atoms with van der Waals surface area (Å²) < 4.78 is 0. The van der Waals surface area contributed by atoms with Crippen LogP contribution in [0.3, 0.4) is 0 Å². The Morgan fingerprint density at radius 2 is 0.741 bits per heavy atom. The summed E-state index contributed by atoms with van der Waals surface area (Å²) in [7, 11) is 0. The van der Waals surface area contributed by atoms with Crippen molar-refractivity contribution in [2.24, 2.45) is 0 Å². The van der Waals surface area contributed by atoms with Gasteiger partial charge >= 0.3 is 0 Å². The number of unbranched alkanes of at least 4 members (excludes halogenated alkanes) is 35.